The Morgan fingerprint density at radius 1 is 0.947 bits per heavy atom. The van der Waals surface area contributed by atoms with Gasteiger partial charge in [-0.3, -0.25) is 0 Å². The standard InChI is InChI=1S/C32H25N3O2S/c36-31-26(19-23-14-7-8-17-28(23)37-31)27-20-38-32(33-27)35-30(22-12-5-2-6-13-22)25-16-9-15-24(29(25)34-35)18-21-10-3-1-4-11-21/h1-8,10-14,17-20,25,30H,9,15-16H2/b24-18-/t25-,30+/m1/s1. The summed E-state index contributed by atoms with van der Waals surface area (Å²) < 4.78 is 5.58. The van der Waals surface area contributed by atoms with Gasteiger partial charge in [0.1, 0.15) is 5.58 Å². The summed E-state index contributed by atoms with van der Waals surface area (Å²) in [4.78, 5) is 17.8. The van der Waals surface area contributed by atoms with Crippen molar-refractivity contribution in [1.82, 2.24) is 4.98 Å². The van der Waals surface area contributed by atoms with Crippen LogP contribution in [0.1, 0.15) is 36.4 Å². The number of anilines is 1. The first-order valence-corrected chi connectivity index (χ1v) is 13.8. The molecule has 1 saturated carbocycles. The molecule has 7 rings (SSSR count). The van der Waals surface area contributed by atoms with Crippen molar-refractivity contribution in [2.45, 2.75) is 25.3 Å². The first kappa shape index (κ1) is 22.9. The number of hydrogen-bond acceptors (Lipinski definition) is 6. The second kappa shape index (κ2) is 9.54. The van der Waals surface area contributed by atoms with Crippen molar-refractivity contribution in [3.63, 3.8) is 0 Å². The summed E-state index contributed by atoms with van der Waals surface area (Å²) in [7, 11) is 0. The molecule has 2 atom stereocenters. The van der Waals surface area contributed by atoms with Crippen molar-refractivity contribution in [3.8, 4) is 11.3 Å². The van der Waals surface area contributed by atoms with Crippen molar-refractivity contribution in [3.05, 3.63) is 123 Å². The molecule has 2 aromatic heterocycles. The van der Waals surface area contributed by atoms with Crippen molar-refractivity contribution in [2.75, 3.05) is 5.01 Å². The van der Waals surface area contributed by atoms with Crippen molar-refractivity contribution in [2.24, 2.45) is 11.0 Å². The molecular formula is C32H25N3O2S. The topological polar surface area (TPSA) is 58.7 Å². The average molecular weight is 516 g/mol. The number of fused-ring (bicyclic) bond motifs is 2. The van der Waals surface area contributed by atoms with E-state index in [1.54, 1.807) is 6.07 Å². The van der Waals surface area contributed by atoms with Gasteiger partial charge in [-0.05, 0) is 54.2 Å². The zero-order chi connectivity index (χ0) is 25.5. The third-order valence-electron chi connectivity index (χ3n) is 7.39. The molecule has 0 saturated heterocycles. The maximum absolute atomic E-state index is 12.8. The number of benzene rings is 3. The van der Waals surface area contributed by atoms with Gasteiger partial charge in [-0.1, -0.05) is 78.9 Å². The maximum atomic E-state index is 12.8. The van der Waals surface area contributed by atoms with Gasteiger partial charge in [0.2, 0.25) is 5.13 Å². The number of hydrazone groups is 1. The lowest BCUT2D eigenvalue weighted by Crippen LogP contribution is -2.28. The van der Waals surface area contributed by atoms with Crippen molar-refractivity contribution in [1.29, 1.82) is 0 Å². The molecule has 0 amide bonds. The third-order valence-corrected chi connectivity index (χ3v) is 8.22. The number of hydrogen-bond donors (Lipinski definition) is 0. The van der Waals surface area contributed by atoms with Gasteiger partial charge in [0.15, 0.2) is 0 Å². The third kappa shape index (κ3) is 4.07. The Hall–Kier alpha value is -4.29. The molecule has 2 aliphatic rings. The quantitative estimate of drug-likeness (QED) is 0.230. The Morgan fingerprint density at radius 3 is 2.55 bits per heavy atom. The van der Waals surface area contributed by atoms with Crippen LogP contribution in [0.2, 0.25) is 0 Å². The van der Waals surface area contributed by atoms with E-state index in [0.717, 1.165) is 35.5 Å². The summed E-state index contributed by atoms with van der Waals surface area (Å²) in [5.41, 5.74) is 6.14. The van der Waals surface area contributed by atoms with Crippen LogP contribution in [0.5, 0.6) is 0 Å². The highest BCUT2D eigenvalue weighted by molar-refractivity contribution is 7.14. The number of aromatic nitrogens is 1. The number of thiazole rings is 1. The van der Waals surface area contributed by atoms with E-state index in [0.29, 0.717) is 16.8 Å². The molecule has 1 fully saturated rings. The highest BCUT2D eigenvalue weighted by Gasteiger charge is 2.42. The minimum atomic E-state index is -0.380. The monoisotopic (exact) mass is 515 g/mol. The van der Waals surface area contributed by atoms with Crippen LogP contribution in [0.25, 0.3) is 28.3 Å². The Bertz CT molecular complexity index is 1740. The number of rotatable bonds is 4. The molecule has 5 aromatic rings. The SMILES string of the molecule is O=c1oc2ccccc2cc1-c1csc(N2N=C3/C(=C\c4ccccc4)CCC[C@H]3[C@@H]2c2ccccc2)n1. The highest BCUT2D eigenvalue weighted by Crippen LogP contribution is 2.47. The second-order valence-electron chi connectivity index (χ2n) is 9.76. The summed E-state index contributed by atoms with van der Waals surface area (Å²) in [6.07, 6.45) is 5.50. The van der Waals surface area contributed by atoms with E-state index in [-0.39, 0.29) is 17.6 Å². The molecule has 0 bridgehead atoms. The lowest BCUT2D eigenvalue weighted by Gasteiger charge is -2.29. The van der Waals surface area contributed by atoms with Gasteiger partial charge in [-0.15, -0.1) is 11.3 Å². The molecule has 3 heterocycles. The minimum absolute atomic E-state index is 0.0534. The van der Waals surface area contributed by atoms with Gasteiger partial charge in [-0.2, -0.15) is 5.10 Å². The zero-order valence-corrected chi connectivity index (χ0v) is 21.5. The zero-order valence-electron chi connectivity index (χ0n) is 20.7. The first-order valence-electron chi connectivity index (χ1n) is 12.9. The van der Waals surface area contributed by atoms with E-state index in [1.165, 1.54) is 28.0 Å². The summed E-state index contributed by atoms with van der Waals surface area (Å²) in [6, 6.07) is 30.5. The fourth-order valence-corrected chi connectivity index (χ4v) is 6.44. The largest absolute Gasteiger partial charge is 0.422 e. The molecular weight excluding hydrogens is 490 g/mol. The predicted octanol–water partition coefficient (Wildman–Crippen LogP) is 7.72. The second-order valence-corrected chi connectivity index (χ2v) is 10.6. The van der Waals surface area contributed by atoms with Crippen LogP contribution in [-0.4, -0.2) is 10.7 Å². The predicted molar refractivity (Wildman–Crippen MR) is 154 cm³/mol. The molecule has 6 heteroatoms. The van der Waals surface area contributed by atoms with Crippen molar-refractivity contribution < 1.29 is 4.42 Å². The van der Waals surface area contributed by atoms with E-state index in [1.807, 2.05) is 41.8 Å². The fourth-order valence-electron chi connectivity index (χ4n) is 5.63. The Balaban J connectivity index is 1.32. The summed E-state index contributed by atoms with van der Waals surface area (Å²) in [6.45, 7) is 0. The van der Waals surface area contributed by atoms with E-state index in [4.69, 9.17) is 14.5 Å². The molecule has 0 spiro atoms. The molecule has 0 radical (unpaired) electrons. The van der Waals surface area contributed by atoms with Crippen LogP contribution < -0.4 is 10.6 Å². The van der Waals surface area contributed by atoms with E-state index in [9.17, 15) is 4.79 Å². The van der Waals surface area contributed by atoms with Gasteiger partial charge < -0.3 is 4.42 Å². The summed E-state index contributed by atoms with van der Waals surface area (Å²) in [5.74, 6) is 0.277. The van der Waals surface area contributed by atoms with Crippen LogP contribution in [0.4, 0.5) is 5.13 Å². The van der Waals surface area contributed by atoms with E-state index >= 15 is 0 Å². The molecule has 186 valence electrons. The minimum Gasteiger partial charge on any atom is -0.422 e. The summed E-state index contributed by atoms with van der Waals surface area (Å²) in [5, 5.41) is 10.9. The molecule has 3 aromatic carbocycles. The molecule has 1 aliphatic heterocycles. The van der Waals surface area contributed by atoms with Gasteiger partial charge in [0.25, 0.3) is 0 Å². The van der Waals surface area contributed by atoms with Crippen LogP contribution in [-0.2, 0) is 0 Å². The summed E-state index contributed by atoms with van der Waals surface area (Å²) >= 11 is 1.51. The van der Waals surface area contributed by atoms with E-state index < -0.39 is 0 Å². The van der Waals surface area contributed by atoms with Crippen molar-refractivity contribution >= 4 is 39.2 Å². The van der Waals surface area contributed by atoms with Crippen LogP contribution >= 0.6 is 11.3 Å². The maximum Gasteiger partial charge on any atom is 0.345 e. The number of para-hydroxylation sites is 1. The smallest absolute Gasteiger partial charge is 0.345 e. The average Bonchev–Trinajstić information content (AvgIpc) is 3.60. The Kier molecular flexibility index (Phi) is 5.74. The lowest BCUT2D eigenvalue weighted by atomic mass is 9.77. The molecule has 5 nitrogen and oxygen atoms in total. The Labute approximate surface area is 224 Å². The normalized spacial score (nSPS) is 20.1. The van der Waals surface area contributed by atoms with Gasteiger partial charge >= 0.3 is 5.63 Å². The molecule has 0 unspecified atom stereocenters. The number of nitrogens with zero attached hydrogens (tertiary/aromatic N) is 3. The van der Waals surface area contributed by atoms with Crippen LogP contribution in [0.3, 0.4) is 0 Å². The van der Waals surface area contributed by atoms with Gasteiger partial charge in [0.05, 0.1) is 23.0 Å². The first-order chi connectivity index (χ1) is 18.7. The highest BCUT2D eigenvalue weighted by atomic mass is 32.1. The Morgan fingerprint density at radius 2 is 1.71 bits per heavy atom. The van der Waals surface area contributed by atoms with Gasteiger partial charge in [0, 0.05) is 16.7 Å². The van der Waals surface area contributed by atoms with Crippen LogP contribution in [0, 0.1) is 5.92 Å². The fraction of sp³-hybridized carbons (Fsp3) is 0.156. The lowest BCUT2D eigenvalue weighted by molar-refractivity contribution is 0.487. The molecule has 1 aliphatic carbocycles. The molecule has 0 N–H and O–H groups in total. The van der Waals surface area contributed by atoms with Gasteiger partial charge in [-0.25, -0.2) is 14.8 Å². The van der Waals surface area contributed by atoms with Crippen LogP contribution in [0.15, 0.2) is 116 Å². The molecule has 38 heavy (non-hydrogen) atoms. The number of allylic oxidation sites excluding steroid dienone is 1. The van der Waals surface area contributed by atoms with E-state index in [2.05, 4.69) is 59.6 Å².